The van der Waals surface area contributed by atoms with Crippen molar-refractivity contribution in [3.05, 3.63) is 72.1 Å². The number of hydrogen-bond acceptors (Lipinski definition) is 6. The molecule has 8 heteroatoms. The van der Waals surface area contributed by atoms with Crippen LogP contribution in [0.4, 0.5) is 4.39 Å². The molecule has 34 heavy (non-hydrogen) atoms. The Morgan fingerprint density at radius 1 is 1.26 bits per heavy atom. The largest absolute Gasteiger partial charge is 0.487 e. The topological polar surface area (TPSA) is 97.0 Å². The number of benzene rings is 2. The van der Waals surface area contributed by atoms with E-state index in [-0.39, 0.29) is 13.2 Å². The highest BCUT2D eigenvalue weighted by Gasteiger charge is 2.25. The normalized spacial score (nSPS) is 19.7. The lowest BCUT2D eigenvalue weighted by molar-refractivity contribution is -0.0751. The molecule has 1 aromatic heterocycles. The fourth-order valence-corrected chi connectivity index (χ4v) is 3.83. The Hall–Kier alpha value is -3.22. The van der Waals surface area contributed by atoms with E-state index in [1.54, 1.807) is 60.3 Å². The molecule has 3 N–H and O–H groups in total. The van der Waals surface area contributed by atoms with E-state index in [1.165, 1.54) is 6.07 Å². The van der Waals surface area contributed by atoms with E-state index in [2.05, 4.69) is 16.8 Å². The molecule has 0 radical (unpaired) electrons. The molecule has 4 rings (SSSR count). The molecule has 1 saturated heterocycles. The van der Waals surface area contributed by atoms with Crippen molar-refractivity contribution < 1.29 is 29.2 Å². The van der Waals surface area contributed by atoms with Gasteiger partial charge in [-0.3, -0.25) is 0 Å². The van der Waals surface area contributed by atoms with E-state index in [0.717, 1.165) is 0 Å². The Morgan fingerprint density at radius 2 is 2.06 bits per heavy atom. The highest BCUT2D eigenvalue weighted by molar-refractivity contribution is 5.66. The lowest BCUT2D eigenvalue weighted by Crippen LogP contribution is -2.40. The molecule has 1 aliphatic heterocycles. The molecule has 2 unspecified atom stereocenters. The van der Waals surface area contributed by atoms with Gasteiger partial charge in [0.05, 0.1) is 19.8 Å². The summed E-state index contributed by atoms with van der Waals surface area (Å²) in [6, 6.07) is 11.2. The van der Waals surface area contributed by atoms with Crippen LogP contribution in [0.15, 0.2) is 54.9 Å². The van der Waals surface area contributed by atoms with Crippen LogP contribution < -0.4 is 4.74 Å². The second kappa shape index (κ2) is 10.8. The Bertz CT molecular complexity index is 1170. The van der Waals surface area contributed by atoms with E-state index < -0.39 is 30.2 Å². The molecule has 1 fully saturated rings. The SMILES string of the molecule is C[C@H](O)c1nccn1[C@@H](C#Cc1ccc(-c2ccc(OC3CCOCC3O)cc2F)cc1)CO. The van der Waals surface area contributed by atoms with Gasteiger partial charge in [0.2, 0.25) is 0 Å². The summed E-state index contributed by atoms with van der Waals surface area (Å²) in [6.45, 7) is 2.08. The van der Waals surface area contributed by atoms with Crippen molar-refractivity contribution in [2.45, 2.75) is 37.7 Å². The number of aliphatic hydroxyl groups excluding tert-OH is 3. The molecule has 2 aromatic carbocycles. The number of nitrogens with zero attached hydrogens (tertiary/aromatic N) is 2. The molecule has 0 amide bonds. The number of aromatic nitrogens is 2. The monoisotopic (exact) mass is 466 g/mol. The van der Waals surface area contributed by atoms with Gasteiger partial charge < -0.3 is 29.4 Å². The van der Waals surface area contributed by atoms with E-state index in [9.17, 15) is 19.7 Å². The molecular weight excluding hydrogens is 439 g/mol. The van der Waals surface area contributed by atoms with Crippen LogP contribution >= 0.6 is 0 Å². The van der Waals surface area contributed by atoms with Gasteiger partial charge in [0, 0.05) is 36.0 Å². The Labute approximate surface area is 197 Å². The first-order valence-electron chi connectivity index (χ1n) is 11.1. The van der Waals surface area contributed by atoms with Gasteiger partial charge in [0.15, 0.2) is 0 Å². The summed E-state index contributed by atoms with van der Waals surface area (Å²) in [7, 11) is 0. The molecule has 4 atom stereocenters. The van der Waals surface area contributed by atoms with Gasteiger partial charge in [0.25, 0.3) is 0 Å². The number of rotatable bonds is 6. The highest BCUT2D eigenvalue weighted by atomic mass is 19.1. The van der Waals surface area contributed by atoms with Crippen LogP contribution in [0.3, 0.4) is 0 Å². The summed E-state index contributed by atoms with van der Waals surface area (Å²) >= 11 is 0. The summed E-state index contributed by atoms with van der Waals surface area (Å²) in [5.74, 6) is 6.37. The van der Waals surface area contributed by atoms with Gasteiger partial charge in [-0.05, 0) is 36.8 Å². The van der Waals surface area contributed by atoms with Crippen LogP contribution in [0.1, 0.15) is 36.9 Å². The third kappa shape index (κ3) is 5.46. The first-order chi connectivity index (χ1) is 16.5. The molecule has 2 heterocycles. The molecule has 3 aromatic rings. The zero-order valence-corrected chi connectivity index (χ0v) is 18.8. The van der Waals surface area contributed by atoms with Crippen LogP contribution in [0, 0.1) is 17.7 Å². The van der Waals surface area contributed by atoms with Crippen molar-refractivity contribution in [1.82, 2.24) is 9.55 Å². The van der Waals surface area contributed by atoms with Crippen LogP contribution in [0.25, 0.3) is 11.1 Å². The van der Waals surface area contributed by atoms with Crippen LogP contribution in [0.2, 0.25) is 0 Å². The Balaban J connectivity index is 1.47. The van der Waals surface area contributed by atoms with Crippen molar-refractivity contribution in [3.8, 4) is 28.7 Å². The number of halogens is 1. The summed E-state index contributed by atoms with van der Waals surface area (Å²) in [5, 5.41) is 29.5. The summed E-state index contributed by atoms with van der Waals surface area (Å²) in [5.41, 5.74) is 1.81. The van der Waals surface area contributed by atoms with Gasteiger partial charge in [-0.2, -0.15) is 0 Å². The second-order valence-corrected chi connectivity index (χ2v) is 8.14. The van der Waals surface area contributed by atoms with Gasteiger partial charge >= 0.3 is 0 Å². The minimum Gasteiger partial charge on any atom is -0.487 e. The molecule has 7 nitrogen and oxygen atoms in total. The maximum absolute atomic E-state index is 14.8. The summed E-state index contributed by atoms with van der Waals surface area (Å²) in [4.78, 5) is 4.11. The average molecular weight is 467 g/mol. The minimum absolute atomic E-state index is 0.212. The predicted molar refractivity (Wildman–Crippen MR) is 124 cm³/mol. The predicted octanol–water partition coefficient (Wildman–Crippen LogP) is 2.86. The van der Waals surface area contributed by atoms with Gasteiger partial charge in [-0.1, -0.05) is 24.0 Å². The quantitative estimate of drug-likeness (QED) is 0.484. The fraction of sp³-hybridized carbons (Fsp3) is 0.346. The molecular formula is C26H27FN2O5. The third-order valence-electron chi connectivity index (χ3n) is 5.65. The Morgan fingerprint density at radius 3 is 2.74 bits per heavy atom. The number of imidazole rings is 1. The lowest BCUT2D eigenvalue weighted by Gasteiger charge is -2.28. The Kier molecular flexibility index (Phi) is 7.60. The smallest absolute Gasteiger partial charge is 0.138 e. The third-order valence-corrected chi connectivity index (χ3v) is 5.65. The van der Waals surface area contributed by atoms with E-state index >= 15 is 0 Å². The molecule has 0 spiro atoms. The zero-order valence-electron chi connectivity index (χ0n) is 18.8. The van der Waals surface area contributed by atoms with E-state index in [1.807, 2.05) is 0 Å². The van der Waals surface area contributed by atoms with Crippen molar-refractivity contribution >= 4 is 0 Å². The molecule has 0 saturated carbocycles. The average Bonchev–Trinajstić information content (AvgIpc) is 3.32. The molecule has 1 aliphatic rings. The first kappa shape index (κ1) is 23.9. The number of hydrogen-bond donors (Lipinski definition) is 3. The lowest BCUT2D eigenvalue weighted by atomic mass is 10.0. The molecule has 0 aliphatic carbocycles. The molecule has 0 bridgehead atoms. The fourth-order valence-electron chi connectivity index (χ4n) is 3.83. The van der Waals surface area contributed by atoms with Crippen LogP contribution in [-0.2, 0) is 4.74 Å². The minimum atomic E-state index is -0.779. The van der Waals surface area contributed by atoms with Crippen molar-refractivity contribution in [2.24, 2.45) is 0 Å². The second-order valence-electron chi connectivity index (χ2n) is 8.14. The summed E-state index contributed by atoms with van der Waals surface area (Å²) < 4.78 is 27.4. The van der Waals surface area contributed by atoms with Gasteiger partial charge in [0.1, 0.15) is 41.7 Å². The van der Waals surface area contributed by atoms with Crippen molar-refractivity contribution in [2.75, 3.05) is 19.8 Å². The number of ether oxygens (including phenoxy) is 2. The maximum Gasteiger partial charge on any atom is 0.138 e. The van der Waals surface area contributed by atoms with Crippen molar-refractivity contribution in [1.29, 1.82) is 0 Å². The van der Waals surface area contributed by atoms with Crippen LogP contribution in [0.5, 0.6) is 5.75 Å². The van der Waals surface area contributed by atoms with Gasteiger partial charge in [-0.15, -0.1) is 0 Å². The zero-order chi connectivity index (χ0) is 24.1. The first-order valence-corrected chi connectivity index (χ1v) is 11.1. The van der Waals surface area contributed by atoms with Crippen molar-refractivity contribution in [3.63, 3.8) is 0 Å². The van der Waals surface area contributed by atoms with Gasteiger partial charge in [-0.25, -0.2) is 9.37 Å². The maximum atomic E-state index is 14.8. The van der Waals surface area contributed by atoms with Crippen LogP contribution in [-0.4, -0.2) is 56.9 Å². The molecule has 178 valence electrons. The summed E-state index contributed by atoms with van der Waals surface area (Å²) in [6.07, 6.45) is 1.84. The highest BCUT2D eigenvalue weighted by Crippen LogP contribution is 2.28. The van der Waals surface area contributed by atoms with E-state index in [0.29, 0.717) is 41.3 Å². The van der Waals surface area contributed by atoms with E-state index in [4.69, 9.17) is 9.47 Å². The standard InChI is InChI=1S/C26H27FN2O5/c1-17(31)26-28-11-12-29(26)20(15-30)7-4-18-2-5-19(6-3-18)22-9-8-21(14-23(22)27)34-25-10-13-33-16-24(25)32/h2-3,5-6,8-9,11-12,14,17,20,24-25,30-32H,10,13,15-16H2,1H3/t17-,20-,24?,25?/m0/s1. The number of aliphatic hydroxyl groups is 3.